The van der Waals surface area contributed by atoms with E-state index in [2.05, 4.69) is 17.4 Å². The third-order valence-corrected chi connectivity index (χ3v) is 3.30. The van der Waals surface area contributed by atoms with E-state index in [1.165, 1.54) is 5.56 Å². The summed E-state index contributed by atoms with van der Waals surface area (Å²) in [5.41, 5.74) is 1.19. The van der Waals surface area contributed by atoms with Crippen LogP contribution < -0.4 is 5.32 Å². The van der Waals surface area contributed by atoms with Crippen LogP contribution in [0.1, 0.15) is 12.5 Å². The van der Waals surface area contributed by atoms with Gasteiger partial charge in [-0.1, -0.05) is 30.3 Å². The minimum Gasteiger partial charge on any atom is -0.375 e. The van der Waals surface area contributed by atoms with Gasteiger partial charge >= 0.3 is 0 Å². The molecule has 0 heterocycles. The summed E-state index contributed by atoms with van der Waals surface area (Å²) in [5.74, 6) is 0.693. The molecule has 2 atom stereocenters. The van der Waals surface area contributed by atoms with E-state index in [-0.39, 0.29) is 6.04 Å². The molecule has 0 aliphatic carbocycles. The van der Waals surface area contributed by atoms with Gasteiger partial charge in [0.25, 0.3) is 0 Å². The van der Waals surface area contributed by atoms with Gasteiger partial charge in [-0.05, 0) is 12.5 Å². The lowest BCUT2D eigenvalue weighted by Gasteiger charge is -2.12. The summed E-state index contributed by atoms with van der Waals surface area (Å²) in [5, 5.41) is 3.28. The molecule has 4 heteroatoms. The first-order valence-electron chi connectivity index (χ1n) is 5.83. The second-order valence-corrected chi connectivity index (χ2v) is 5.61. The molecule has 1 rings (SSSR count). The third kappa shape index (κ3) is 7.26. The molecule has 0 saturated heterocycles. The lowest BCUT2D eigenvalue weighted by Crippen LogP contribution is -2.33. The number of nitrogens with one attached hydrogen (secondary N) is 1. The Balaban J connectivity index is 2.03. The summed E-state index contributed by atoms with van der Waals surface area (Å²) in [6.07, 6.45) is 1.73. The van der Waals surface area contributed by atoms with Crippen molar-refractivity contribution in [2.24, 2.45) is 0 Å². The van der Waals surface area contributed by atoms with Crippen molar-refractivity contribution >= 4 is 10.8 Å². The Hall–Kier alpha value is -0.710. The lowest BCUT2D eigenvalue weighted by molar-refractivity contribution is 0.121. The van der Waals surface area contributed by atoms with E-state index in [1.54, 1.807) is 6.26 Å². The van der Waals surface area contributed by atoms with Crippen molar-refractivity contribution in [3.63, 3.8) is 0 Å². The molecule has 0 saturated carbocycles. The van der Waals surface area contributed by atoms with Crippen LogP contribution in [-0.4, -0.2) is 35.4 Å². The highest BCUT2D eigenvalue weighted by molar-refractivity contribution is 7.84. The highest BCUT2D eigenvalue weighted by Crippen LogP contribution is 1.99. The Kier molecular flexibility index (Phi) is 7.08. The average Bonchev–Trinajstić information content (AvgIpc) is 2.29. The summed E-state index contributed by atoms with van der Waals surface area (Å²) in [4.78, 5) is 0. The van der Waals surface area contributed by atoms with Gasteiger partial charge in [-0.2, -0.15) is 0 Å². The molecule has 0 aromatic heterocycles. The highest BCUT2D eigenvalue weighted by atomic mass is 32.2. The zero-order chi connectivity index (χ0) is 12.5. The van der Waals surface area contributed by atoms with E-state index in [0.717, 1.165) is 6.54 Å². The Morgan fingerprint density at radius 2 is 2.06 bits per heavy atom. The molecule has 0 amide bonds. The van der Waals surface area contributed by atoms with Crippen LogP contribution in [0, 0.1) is 0 Å². The molecule has 0 fully saturated rings. The van der Waals surface area contributed by atoms with Gasteiger partial charge in [-0.3, -0.25) is 4.21 Å². The Bertz CT molecular complexity index is 329. The van der Waals surface area contributed by atoms with Crippen molar-refractivity contribution in [3.8, 4) is 0 Å². The zero-order valence-corrected chi connectivity index (χ0v) is 11.3. The van der Waals surface area contributed by atoms with Crippen LogP contribution in [0.4, 0.5) is 0 Å². The zero-order valence-electron chi connectivity index (χ0n) is 10.5. The third-order valence-electron chi connectivity index (χ3n) is 2.34. The van der Waals surface area contributed by atoms with Crippen LogP contribution in [0.25, 0.3) is 0 Å². The van der Waals surface area contributed by atoms with Crippen LogP contribution in [0.5, 0.6) is 0 Å². The smallest absolute Gasteiger partial charge is 0.0717 e. The van der Waals surface area contributed by atoms with Crippen molar-refractivity contribution in [1.29, 1.82) is 0 Å². The first-order chi connectivity index (χ1) is 8.18. The van der Waals surface area contributed by atoms with Crippen molar-refractivity contribution in [2.75, 3.05) is 25.2 Å². The summed E-state index contributed by atoms with van der Waals surface area (Å²) >= 11 is 0. The fraction of sp³-hybridized carbons (Fsp3) is 0.538. The second kappa shape index (κ2) is 8.39. The van der Waals surface area contributed by atoms with Gasteiger partial charge in [-0.15, -0.1) is 0 Å². The molecular weight excluding hydrogens is 234 g/mol. The van der Waals surface area contributed by atoms with Crippen molar-refractivity contribution in [1.82, 2.24) is 5.32 Å². The van der Waals surface area contributed by atoms with Crippen LogP contribution in [0.3, 0.4) is 0 Å². The SMILES string of the molecule is CC(CS(C)=O)NCCOCc1ccccc1. The number of hydrogen-bond acceptors (Lipinski definition) is 3. The van der Waals surface area contributed by atoms with E-state index < -0.39 is 10.8 Å². The summed E-state index contributed by atoms with van der Waals surface area (Å²) in [7, 11) is -0.736. The van der Waals surface area contributed by atoms with E-state index in [0.29, 0.717) is 19.0 Å². The molecule has 1 aromatic carbocycles. The monoisotopic (exact) mass is 255 g/mol. The first kappa shape index (κ1) is 14.4. The van der Waals surface area contributed by atoms with Crippen LogP contribution in [-0.2, 0) is 22.1 Å². The fourth-order valence-electron chi connectivity index (χ4n) is 1.55. The van der Waals surface area contributed by atoms with E-state index in [1.807, 2.05) is 25.1 Å². The lowest BCUT2D eigenvalue weighted by atomic mass is 10.2. The van der Waals surface area contributed by atoms with Gasteiger partial charge in [0.15, 0.2) is 0 Å². The molecule has 0 radical (unpaired) electrons. The summed E-state index contributed by atoms with van der Waals surface area (Å²) in [6, 6.07) is 10.4. The summed E-state index contributed by atoms with van der Waals surface area (Å²) in [6.45, 7) is 4.16. The van der Waals surface area contributed by atoms with E-state index in [9.17, 15) is 4.21 Å². The molecule has 0 spiro atoms. The molecule has 0 aliphatic heterocycles. The molecule has 2 unspecified atom stereocenters. The van der Waals surface area contributed by atoms with Crippen molar-refractivity contribution in [2.45, 2.75) is 19.6 Å². The second-order valence-electron chi connectivity index (χ2n) is 4.13. The Morgan fingerprint density at radius 1 is 1.35 bits per heavy atom. The molecule has 0 bridgehead atoms. The quantitative estimate of drug-likeness (QED) is 0.716. The van der Waals surface area contributed by atoms with Crippen LogP contribution >= 0.6 is 0 Å². The maximum Gasteiger partial charge on any atom is 0.0717 e. The predicted octanol–water partition coefficient (Wildman–Crippen LogP) is 1.56. The molecular formula is C13H21NO2S. The maximum absolute atomic E-state index is 11.0. The Labute approximate surface area is 106 Å². The van der Waals surface area contributed by atoms with Gasteiger partial charge < -0.3 is 10.1 Å². The minimum absolute atomic E-state index is 0.279. The number of benzene rings is 1. The fourth-order valence-corrected chi connectivity index (χ4v) is 2.37. The number of ether oxygens (including phenoxy) is 1. The van der Waals surface area contributed by atoms with Crippen LogP contribution in [0.15, 0.2) is 30.3 Å². The molecule has 96 valence electrons. The minimum atomic E-state index is -0.736. The highest BCUT2D eigenvalue weighted by Gasteiger charge is 2.02. The van der Waals surface area contributed by atoms with Crippen molar-refractivity contribution in [3.05, 3.63) is 35.9 Å². The first-order valence-corrected chi connectivity index (χ1v) is 7.56. The molecule has 3 nitrogen and oxygen atoms in total. The van der Waals surface area contributed by atoms with E-state index >= 15 is 0 Å². The van der Waals surface area contributed by atoms with E-state index in [4.69, 9.17) is 4.74 Å². The van der Waals surface area contributed by atoms with Crippen LogP contribution in [0.2, 0.25) is 0 Å². The van der Waals surface area contributed by atoms with Gasteiger partial charge in [0.05, 0.1) is 13.2 Å². The van der Waals surface area contributed by atoms with Gasteiger partial charge in [-0.25, -0.2) is 0 Å². The molecule has 17 heavy (non-hydrogen) atoms. The molecule has 1 aromatic rings. The van der Waals surface area contributed by atoms with Gasteiger partial charge in [0.1, 0.15) is 0 Å². The largest absolute Gasteiger partial charge is 0.375 e. The van der Waals surface area contributed by atoms with Gasteiger partial charge in [0, 0.05) is 35.4 Å². The number of rotatable bonds is 8. The molecule has 1 N–H and O–H groups in total. The Morgan fingerprint density at radius 3 is 2.71 bits per heavy atom. The molecule has 0 aliphatic rings. The standard InChI is InChI=1S/C13H21NO2S/c1-12(11-17(2)15)14-8-9-16-10-13-6-4-3-5-7-13/h3-7,12,14H,8-11H2,1-2H3. The topological polar surface area (TPSA) is 38.3 Å². The summed E-state index contributed by atoms with van der Waals surface area (Å²) < 4.78 is 16.5. The normalized spacial score (nSPS) is 14.5. The van der Waals surface area contributed by atoms with Gasteiger partial charge in [0.2, 0.25) is 0 Å². The average molecular weight is 255 g/mol. The van der Waals surface area contributed by atoms with Crippen molar-refractivity contribution < 1.29 is 8.95 Å². The number of hydrogen-bond donors (Lipinski definition) is 1. The maximum atomic E-state index is 11.0. The predicted molar refractivity (Wildman–Crippen MR) is 72.5 cm³/mol.